The zero-order chi connectivity index (χ0) is 18.2. The van der Waals surface area contributed by atoms with E-state index in [1.165, 1.54) is 10.6 Å². The van der Waals surface area contributed by atoms with Gasteiger partial charge in [-0.3, -0.25) is 9.10 Å². The van der Waals surface area contributed by atoms with Crippen LogP contribution in [0.5, 0.6) is 0 Å². The fraction of sp³-hybridized carbons (Fsp3) is 0.222. The van der Waals surface area contributed by atoms with Crippen LogP contribution in [0.3, 0.4) is 0 Å². The van der Waals surface area contributed by atoms with Gasteiger partial charge in [-0.2, -0.15) is 5.26 Å². The third kappa shape index (κ3) is 3.35. The van der Waals surface area contributed by atoms with Crippen molar-refractivity contribution in [3.8, 4) is 6.07 Å². The van der Waals surface area contributed by atoms with Crippen LogP contribution in [0.2, 0.25) is 0 Å². The van der Waals surface area contributed by atoms with Crippen molar-refractivity contribution in [1.29, 1.82) is 5.26 Å². The molecule has 1 aliphatic rings. The van der Waals surface area contributed by atoms with Crippen molar-refractivity contribution in [2.24, 2.45) is 0 Å². The van der Waals surface area contributed by atoms with Crippen LogP contribution in [0.4, 0.5) is 11.4 Å². The largest absolute Gasteiger partial charge is 0.322 e. The van der Waals surface area contributed by atoms with E-state index in [0.29, 0.717) is 28.9 Å². The fourth-order valence-corrected chi connectivity index (χ4v) is 4.38. The second-order valence-electron chi connectivity index (χ2n) is 6.10. The molecule has 6 nitrogen and oxygen atoms in total. The molecule has 0 saturated carbocycles. The molecule has 2 aromatic rings. The van der Waals surface area contributed by atoms with Gasteiger partial charge in [-0.25, -0.2) is 8.42 Å². The normalized spacial score (nSPS) is 16.2. The summed E-state index contributed by atoms with van der Waals surface area (Å²) < 4.78 is 25.3. The number of carbonyl (C=O) groups excluding carboxylic acids is 1. The molecule has 1 amide bonds. The van der Waals surface area contributed by atoms with E-state index in [1.54, 1.807) is 42.5 Å². The average Bonchev–Trinajstić information content (AvgIpc) is 2.89. The summed E-state index contributed by atoms with van der Waals surface area (Å²) in [5, 5.41) is 11.7. The summed E-state index contributed by atoms with van der Waals surface area (Å²) in [4.78, 5) is 12.4. The molecular weight excluding hydrogens is 338 g/mol. The number of hydrogen-bond acceptors (Lipinski definition) is 4. The van der Waals surface area contributed by atoms with Gasteiger partial charge in [-0.1, -0.05) is 6.07 Å². The Hall–Kier alpha value is -2.85. The van der Waals surface area contributed by atoms with Crippen LogP contribution in [0.25, 0.3) is 0 Å². The maximum absolute atomic E-state index is 12.4. The molecule has 0 unspecified atom stereocenters. The maximum Gasteiger partial charge on any atom is 0.255 e. The number of sulfonamides is 1. The zero-order valence-corrected chi connectivity index (χ0v) is 14.7. The highest BCUT2D eigenvalue weighted by Crippen LogP contribution is 2.34. The van der Waals surface area contributed by atoms with E-state index in [4.69, 9.17) is 5.26 Å². The fourth-order valence-electron chi connectivity index (χ4n) is 3.12. The van der Waals surface area contributed by atoms with Gasteiger partial charge in [0.1, 0.15) is 0 Å². The monoisotopic (exact) mass is 355 g/mol. The van der Waals surface area contributed by atoms with E-state index in [-0.39, 0.29) is 11.9 Å². The lowest BCUT2D eigenvalue weighted by molar-refractivity contribution is 0.102. The predicted octanol–water partition coefficient (Wildman–Crippen LogP) is 2.52. The van der Waals surface area contributed by atoms with Gasteiger partial charge in [-0.15, -0.1) is 0 Å². The maximum atomic E-state index is 12.4. The smallest absolute Gasteiger partial charge is 0.255 e. The van der Waals surface area contributed by atoms with Crippen LogP contribution < -0.4 is 9.62 Å². The minimum absolute atomic E-state index is 0.171. The van der Waals surface area contributed by atoms with Crippen LogP contribution in [0, 0.1) is 11.3 Å². The average molecular weight is 355 g/mol. The van der Waals surface area contributed by atoms with Crippen molar-refractivity contribution in [1.82, 2.24) is 0 Å². The van der Waals surface area contributed by atoms with Crippen molar-refractivity contribution < 1.29 is 13.2 Å². The van der Waals surface area contributed by atoms with Gasteiger partial charge in [0, 0.05) is 17.3 Å². The Labute approximate surface area is 146 Å². The molecule has 3 rings (SSSR count). The lowest BCUT2D eigenvalue weighted by atomic mass is 10.1. The van der Waals surface area contributed by atoms with Gasteiger partial charge in [0.25, 0.3) is 5.91 Å². The van der Waals surface area contributed by atoms with E-state index in [0.717, 1.165) is 5.56 Å². The Bertz CT molecular complexity index is 993. The topological polar surface area (TPSA) is 90.3 Å². The second kappa shape index (κ2) is 6.22. The number of fused-ring (bicyclic) bond motifs is 1. The summed E-state index contributed by atoms with van der Waals surface area (Å²) in [6.07, 6.45) is 1.74. The Morgan fingerprint density at radius 2 is 2.04 bits per heavy atom. The molecule has 7 heteroatoms. The number of hydrogen-bond donors (Lipinski definition) is 1. The van der Waals surface area contributed by atoms with Crippen LogP contribution >= 0.6 is 0 Å². The molecule has 0 saturated heterocycles. The standard InChI is InChI=1S/C18H17N3O3S/c1-12-8-15-10-14(6-7-17(15)21(12)25(2,23)24)18(22)20-16-5-3-4-13(9-16)11-19/h3-7,9-10,12H,8H2,1-2H3,(H,20,22)/t12-/m0/s1. The quantitative estimate of drug-likeness (QED) is 0.916. The molecule has 1 heterocycles. The molecule has 1 atom stereocenters. The number of nitrogens with one attached hydrogen (secondary N) is 1. The lowest BCUT2D eigenvalue weighted by Crippen LogP contribution is -2.34. The first kappa shape index (κ1) is 17.0. The van der Waals surface area contributed by atoms with Crippen LogP contribution in [0.1, 0.15) is 28.4 Å². The lowest BCUT2D eigenvalue weighted by Gasteiger charge is -2.21. The summed E-state index contributed by atoms with van der Waals surface area (Å²) in [5.74, 6) is -0.302. The number of carbonyl (C=O) groups is 1. The number of nitrogens with zero attached hydrogens (tertiary/aromatic N) is 2. The first-order valence-corrected chi connectivity index (χ1v) is 9.58. The number of amides is 1. The molecule has 2 aromatic carbocycles. The van der Waals surface area contributed by atoms with Crippen molar-refractivity contribution >= 4 is 27.3 Å². The molecule has 0 bridgehead atoms. The molecule has 0 fully saturated rings. The van der Waals surface area contributed by atoms with Gasteiger partial charge in [0.05, 0.1) is 23.6 Å². The van der Waals surface area contributed by atoms with Crippen molar-refractivity contribution in [3.63, 3.8) is 0 Å². The Morgan fingerprint density at radius 1 is 1.28 bits per heavy atom. The highest BCUT2D eigenvalue weighted by Gasteiger charge is 2.32. The molecule has 128 valence electrons. The van der Waals surface area contributed by atoms with Crippen LogP contribution in [0.15, 0.2) is 42.5 Å². The number of benzene rings is 2. The summed E-state index contributed by atoms with van der Waals surface area (Å²) >= 11 is 0. The summed E-state index contributed by atoms with van der Waals surface area (Å²) in [5.41, 5.74) is 2.90. The summed E-state index contributed by atoms with van der Waals surface area (Å²) in [6.45, 7) is 1.84. The molecule has 1 aliphatic heterocycles. The molecule has 0 aromatic heterocycles. The molecular formula is C18H17N3O3S. The van der Waals surface area contributed by atoms with Crippen LogP contribution in [-0.2, 0) is 16.4 Å². The van der Waals surface area contributed by atoms with E-state index in [2.05, 4.69) is 5.32 Å². The van der Waals surface area contributed by atoms with Crippen LogP contribution in [-0.4, -0.2) is 26.6 Å². The van der Waals surface area contributed by atoms with Gasteiger partial charge in [0.15, 0.2) is 0 Å². The number of rotatable bonds is 3. The SMILES string of the molecule is C[C@H]1Cc2cc(C(=O)Nc3cccc(C#N)c3)ccc2N1S(C)(=O)=O. The Kier molecular flexibility index (Phi) is 4.23. The van der Waals surface area contributed by atoms with Gasteiger partial charge >= 0.3 is 0 Å². The van der Waals surface area contributed by atoms with Gasteiger partial charge in [-0.05, 0) is 55.3 Å². The Morgan fingerprint density at radius 3 is 2.72 bits per heavy atom. The van der Waals surface area contributed by atoms with Crippen molar-refractivity contribution in [2.45, 2.75) is 19.4 Å². The van der Waals surface area contributed by atoms with Gasteiger partial charge < -0.3 is 5.32 Å². The van der Waals surface area contributed by atoms with E-state index in [1.807, 2.05) is 13.0 Å². The molecule has 1 N–H and O–H groups in total. The Balaban J connectivity index is 1.87. The zero-order valence-electron chi connectivity index (χ0n) is 13.9. The highest BCUT2D eigenvalue weighted by molar-refractivity contribution is 7.92. The van der Waals surface area contributed by atoms with Gasteiger partial charge in [0.2, 0.25) is 10.0 Å². The van der Waals surface area contributed by atoms with Crippen molar-refractivity contribution in [2.75, 3.05) is 15.9 Å². The van der Waals surface area contributed by atoms with Crippen molar-refractivity contribution in [3.05, 3.63) is 59.2 Å². The molecule has 0 radical (unpaired) electrons. The minimum atomic E-state index is -3.35. The third-order valence-corrected chi connectivity index (χ3v) is 5.37. The molecule has 0 aliphatic carbocycles. The third-order valence-electron chi connectivity index (χ3n) is 4.10. The van der Waals surface area contributed by atoms with E-state index < -0.39 is 10.0 Å². The molecule has 0 spiro atoms. The summed E-state index contributed by atoms with van der Waals surface area (Å²) in [6, 6.07) is 13.5. The second-order valence-corrected chi connectivity index (χ2v) is 7.96. The van der Waals surface area contributed by atoms with E-state index in [9.17, 15) is 13.2 Å². The highest BCUT2D eigenvalue weighted by atomic mass is 32.2. The number of nitriles is 1. The minimum Gasteiger partial charge on any atom is -0.322 e. The molecule has 25 heavy (non-hydrogen) atoms. The predicted molar refractivity (Wildman–Crippen MR) is 96.0 cm³/mol. The van der Waals surface area contributed by atoms with E-state index >= 15 is 0 Å². The summed E-state index contributed by atoms with van der Waals surface area (Å²) in [7, 11) is -3.35. The first-order chi connectivity index (χ1) is 11.8. The number of anilines is 2. The first-order valence-electron chi connectivity index (χ1n) is 7.73.